The maximum absolute atomic E-state index is 14.6. The van der Waals surface area contributed by atoms with E-state index >= 15 is 0 Å². The molecule has 0 aliphatic carbocycles. The zero-order valence-corrected chi connectivity index (χ0v) is 18.7. The summed E-state index contributed by atoms with van der Waals surface area (Å²) < 4.78 is 40.2. The number of hydrogen-bond donors (Lipinski definition) is 0. The molecule has 31 heavy (non-hydrogen) atoms. The molecule has 2 fully saturated rings. The number of nitrogens with zero attached hydrogens (tertiary/aromatic N) is 3. The summed E-state index contributed by atoms with van der Waals surface area (Å²) in [7, 11) is 0. The van der Waals surface area contributed by atoms with E-state index in [2.05, 4.69) is 16.7 Å². The number of aromatic nitrogens is 1. The van der Waals surface area contributed by atoms with Crippen molar-refractivity contribution in [2.75, 3.05) is 36.1 Å². The number of anilines is 2. The van der Waals surface area contributed by atoms with Crippen LogP contribution in [0.4, 0.5) is 20.3 Å². The van der Waals surface area contributed by atoms with E-state index in [0.29, 0.717) is 24.7 Å². The Morgan fingerprint density at radius 3 is 2.65 bits per heavy atom. The largest absolute Gasteiger partial charge is 0.472 e. The van der Waals surface area contributed by atoms with Crippen LogP contribution >= 0.6 is 0 Å². The molecule has 2 aliphatic rings. The fourth-order valence-electron chi connectivity index (χ4n) is 4.40. The van der Waals surface area contributed by atoms with Gasteiger partial charge in [-0.2, -0.15) is 4.98 Å². The van der Waals surface area contributed by atoms with Crippen molar-refractivity contribution in [3.63, 3.8) is 0 Å². The first-order valence-corrected chi connectivity index (χ1v) is 11.0. The molecule has 2 saturated heterocycles. The molecule has 4 rings (SSSR count). The molecule has 0 saturated carbocycles. The zero-order chi connectivity index (χ0) is 22.2. The van der Waals surface area contributed by atoms with Crippen molar-refractivity contribution in [3.05, 3.63) is 47.5 Å². The molecule has 2 aromatic rings. The van der Waals surface area contributed by atoms with E-state index in [9.17, 15) is 8.78 Å². The standard InChI is InChI=1S/C24H31F2N3O2/c1-16-15-30-11-10-28(16)18-13-22(27-23(14-18)31-24(2,3)4)29-9-5-6-21(29)19-12-17(25)7-8-20(19)26/h7-8,12-14,16,21H,5-6,9-11,15H2,1-4H3/t16-,21?/m1/s1. The number of pyridine rings is 1. The van der Waals surface area contributed by atoms with Gasteiger partial charge in [-0.3, -0.25) is 0 Å². The summed E-state index contributed by atoms with van der Waals surface area (Å²) in [5, 5.41) is 0. The van der Waals surface area contributed by atoms with E-state index in [-0.39, 0.29) is 17.9 Å². The summed E-state index contributed by atoms with van der Waals surface area (Å²) in [5.41, 5.74) is 0.978. The lowest BCUT2D eigenvalue weighted by Crippen LogP contribution is -2.43. The Labute approximate surface area is 183 Å². The topological polar surface area (TPSA) is 37.8 Å². The molecule has 0 N–H and O–H groups in total. The molecule has 1 aromatic carbocycles. The van der Waals surface area contributed by atoms with Gasteiger partial charge in [0.25, 0.3) is 0 Å². The first kappa shape index (κ1) is 21.8. The molecule has 1 aromatic heterocycles. The molecule has 0 bridgehead atoms. The average Bonchev–Trinajstić information content (AvgIpc) is 3.18. The lowest BCUT2D eigenvalue weighted by molar-refractivity contribution is 0.0986. The van der Waals surface area contributed by atoms with E-state index in [1.165, 1.54) is 12.1 Å². The van der Waals surface area contributed by atoms with Crippen molar-refractivity contribution in [2.45, 2.75) is 58.2 Å². The van der Waals surface area contributed by atoms with Crippen LogP contribution in [0.5, 0.6) is 5.88 Å². The Morgan fingerprint density at radius 1 is 1.10 bits per heavy atom. The second kappa shape index (κ2) is 8.61. The summed E-state index contributed by atoms with van der Waals surface area (Å²) in [5.74, 6) is 0.442. The predicted octanol–water partition coefficient (Wildman–Crippen LogP) is 5.10. The summed E-state index contributed by atoms with van der Waals surface area (Å²) in [6.07, 6.45) is 1.63. The van der Waals surface area contributed by atoms with Crippen LogP contribution in [0, 0.1) is 11.6 Å². The van der Waals surface area contributed by atoms with Gasteiger partial charge < -0.3 is 19.3 Å². The fraction of sp³-hybridized carbons (Fsp3) is 0.542. The van der Waals surface area contributed by atoms with E-state index in [0.717, 1.165) is 43.5 Å². The molecule has 3 heterocycles. The second-order valence-electron chi connectivity index (χ2n) is 9.37. The van der Waals surface area contributed by atoms with Gasteiger partial charge >= 0.3 is 0 Å². The predicted molar refractivity (Wildman–Crippen MR) is 118 cm³/mol. The van der Waals surface area contributed by atoms with Crippen LogP contribution in [0.15, 0.2) is 30.3 Å². The zero-order valence-electron chi connectivity index (χ0n) is 18.7. The number of halogens is 2. The molecular weight excluding hydrogens is 400 g/mol. The third-order valence-corrected chi connectivity index (χ3v) is 5.75. The Bertz CT molecular complexity index is 932. The van der Waals surface area contributed by atoms with E-state index in [4.69, 9.17) is 14.5 Å². The normalized spacial score (nSPS) is 22.1. The summed E-state index contributed by atoms with van der Waals surface area (Å²) in [4.78, 5) is 9.14. The van der Waals surface area contributed by atoms with Crippen molar-refractivity contribution in [1.82, 2.24) is 4.98 Å². The summed E-state index contributed by atoms with van der Waals surface area (Å²) in [6, 6.07) is 7.63. The first-order valence-electron chi connectivity index (χ1n) is 11.0. The van der Waals surface area contributed by atoms with E-state index in [1.807, 2.05) is 32.9 Å². The lowest BCUT2D eigenvalue weighted by Gasteiger charge is -2.36. The van der Waals surface area contributed by atoms with Gasteiger partial charge in [0.2, 0.25) is 5.88 Å². The Kier molecular flexibility index (Phi) is 6.06. The monoisotopic (exact) mass is 431 g/mol. The molecular formula is C24H31F2N3O2. The Morgan fingerprint density at radius 2 is 1.90 bits per heavy atom. The molecule has 1 unspecified atom stereocenters. The second-order valence-corrected chi connectivity index (χ2v) is 9.37. The van der Waals surface area contributed by atoms with Crippen LogP contribution in [0.25, 0.3) is 0 Å². The third-order valence-electron chi connectivity index (χ3n) is 5.75. The number of ether oxygens (including phenoxy) is 2. The maximum Gasteiger partial charge on any atom is 0.217 e. The van der Waals surface area contributed by atoms with Crippen LogP contribution in [0.2, 0.25) is 0 Å². The molecule has 2 atom stereocenters. The minimum atomic E-state index is -0.427. The van der Waals surface area contributed by atoms with Crippen LogP contribution < -0.4 is 14.5 Å². The van der Waals surface area contributed by atoms with Gasteiger partial charge in [0, 0.05) is 42.5 Å². The van der Waals surface area contributed by atoms with Crippen LogP contribution in [-0.2, 0) is 4.74 Å². The Hall–Kier alpha value is -2.41. The van der Waals surface area contributed by atoms with Gasteiger partial charge in [-0.1, -0.05) is 0 Å². The minimum absolute atomic E-state index is 0.224. The Balaban J connectivity index is 1.74. The van der Waals surface area contributed by atoms with Gasteiger partial charge in [0.1, 0.15) is 23.1 Å². The summed E-state index contributed by atoms with van der Waals surface area (Å²) >= 11 is 0. The van der Waals surface area contributed by atoms with E-state index < -0.39 is 11.4 Å². The van der Waals surface area contributed by atoms with Crippen molar-refractivity contribution in [3.8, 4) is 5.88 Å². The molecule has 0 amide bonds. The lowest BCUT2D eigenvalue weighted by atomic mass is 10.0. The highest BCUT2D eigenvalue weighted by Gasteiger charge is 2.31. The van der Waals surface area contributed by atoms with Gasteiger partial charge in [0.15, 0.2) is 0 Å². The van der Waals surface area contributed by atoms with Gasteiger partial charge in [-0.05, 0) is 58.7 Å². The molecule has 168 valence electrons. The average molecular weight is 432 g/mol. The molecule has 5 nitrogen and oxygen atoms in total. The highest BCUT2D eigenvalue weighted by Crippen LogP contribution is 2.39. The molecule has 2 aliphatic heterocycles. The number of hydrogen-bond acceptors (Lipinski definition) is 5. The van der Waals surface area contributed by atoms with Crippen molar-refractivity contribution >= 4 is 11.5 Å². The van der Waals surface area contributed by atoms with Gasteiger partial charge in [-0.25, -0.2) is 8.78 Å². The maximum atomic E-state index is 14.6. The quantitative estimate of drug-likeness (QED) is 0.673. The van der Waals surface area contributed by atoms with Crippen molar-refractivity contribution in [2.24, 2.45) is 0 Å². The number of morpholine rings is 1. The summed E-state index contributed by atoms with van der Waals surface area (Å²) in [6.45, 7) is 10.9. The first-order chi connectivity index (χ1) is 14.7. The number of rotatable bonds is 4. The highest BCUT2D eigenvalue weighted by molar-refractivity contribution is 5.60. The SMILES string of the molecule is C[C@@H]1COCCN1c1cc(OC(C)(C)C)nc(N2CCCC2c2cc(F)ccc2F)c1. The smallest absolute Gasteiger partial charge is 0.217 e. The minimum Gasteiger partial charge on any atom is -0.472 e. The van der Waals surface area contributed by atoms with Crippen molar-refractivity contribution < 1.29 is 18.3 Å². The molecule has 0 spiro atoms. The van der Waals surface area contributed by atoms with Crippen molar-refractivity contribution in [1.29, 1.82) is 0 Å². The van der Waals surface area contributed by atoms with Gasteiger partial charge in [-0.15, -0.1) is 0 Å². The molecule has 7 heteroatoms. The third kappa shape index (κ3) is 4.92. The van der Waals surface area contributed by atoms with E-state index in [1.54, 1.807) is 0 Å². The number of benzene rings is 1. The highest BCUT2D eigenvalue weighted by atomic mass is 19.1. The van der Waals surface area contributed by atoms with Crippen LogP contribution in [0.3, 0.4) is 0 Å². The van der Waals surface area contributed by atoms with Crippen LogP contribution in [0.1, 0.15) is 52.1 Å². The van der Waals surface area contributed by atoms with Crippen LogP contribution in [-0.4, -0.2) is 42.9 Å². The molecule has 0 radical (unpaired) electrons. The fourth-order valence-corrected chi connectivity index (χ4v) is 4.40. The van der Waals surface area contributed by atoms with Gasteiger partial charge in [0.05, 0.1) is 19.3 Å².